The third-order valence-corrected chi connectivity index (χ3v) is 6.57. The van der Waals surface area contributed by atoms with E-state index in [1.807, 2.05) is 0 Å². The Morgan fingerprint density at radius 3 is 1.36 bits per heavy atom. The molecular formula is C31H55FO4. The second-order valence-electron chi connectivity index (χ2n) is 10.2. The van der Waals surface area contributed by atoms with Crippen LogP contribution >= 0.6 is 0 Å². The Morgan fingerprint density at radius 2 is 0.944 bits per heavy atom. The van der Waals surface area contributed by atoms with E-state index in [2.05, 4.69) is 13.5 Å². The summed E-state index contributed by atoms with van der Waals surface area (Å²) in [7, 11) is 0. The SMILES string of the molecule is C=C(C)C(=O)OCCCCCCCC/C(F)=C(/C)C(=O)OCCCCCCCCCCCCCCC. The quantitative estimate of drug-likeness (QED) is 0.0696. The summed E-state index contributed by atoms with van der Waals surface area (Å²) in [4.78, 5) is 23.3. The first-order valence-corrected chi connectivity index (χ1v) is 14.7. The standard InChI is InChI=1S/C31H55FO4/c1-5-6-7-8-9-10-11-12-13-14-16-19-23-26-36-31(34)28(4)29(32)24-21-18-15-17-20-22-25-35-30(33)27(2)3/h2,5-26H2,1,3-4H3/b29-28+. The highest BCUT2D eigenvalue weighted by Crippen LogP contribution is 2.18. The van der Waals surface area contributed by atoms with E-state index in [1.165, 1.54) is 77.6 Å². The molecule has 0 fully saturated rings. The Kier molecular flexibility index (Phi) is 23.9. The van der Waals surface area contributed by atoms with Gasteiger partial charge in [-0.1, -0.05) is 116 Å². The average Bonchev–Trinajstić information content (AvgIpc) is 2.86. The normalized spacial score (nSPS) is 11.8. The van der Waals surface area contributed by atoms with Gasteiger partial charge in [0, 0.05) is 5.57 Å². The van der Waals surface area contributed by atoms with Gasteiger partial charge in [0.2, 0.25) is 0 Å². The lowest BCUT2D eigenvalue weighted by Gasteiger charge is -2.07. The Labute approximate surface area is 221 Å². The molecule has 0 atom stereocenters. The summed E-state index contributed by atoms with van der Waals surface area (Å²) in [5.74, 6) is -1.21. The molecule has 4 nitrogen and oxygen atoms in total. The number of esters is 2. The van der Waals surface area contributed by atoms with E-state index < -0.39 is 5.97 Å². The van der Waals surface area contributed by atoms with Crippen LogP contribution in [0.2, 0.25) is 0 Å². The topological polar surface area (TPSA) is 52.6 Å². The first-order chi connectivity index (χ1) is 17.4. The number of ether oxygens (including phenoxy) is 2. The van der Waals surface area contributed by atoms with Crippen molar-refractivity contribution < 1.29 is 23.5 Å². The highest BCUT2D eigenvalue weighted by molar-refractivity contribution is 5.88. The number of carbonyl (C=O) groups is 2. The van der Waals surface area contributed by atoms with Crippen molar-refractivity contribution in [2.75, 3.05) is 13.2 Å². The van der Waals surface area contributed by atoms with E-state index >= 15 is 0 Å². The predicted octanol–water partition coefficient (Wildman–Crippen LogP) is 9.71. The minimum absolute atomic E-state index is 0.115. The van der Waals surface area contributed by atoms with Crippen LogP contribution in [0.4, 0.5) is 4.39 Å². The monoisotopic (exact) mass is 510 g/mol. The van der Waals surface area contributed by atoms with Gasteiger partial charge in [-0.15, -0.1) is 0 Å². The minimum Gasteiger partial charge on any atom is -0.462 e. The second kappa shape index (κ2) is 25.0. The van der Waals surface area contributed by atoms with Crippen molar-refractivity contribution in [2.45, 2.75) is 149 Å². The predicted molar refractivity (Wildman–Crippen MR) is 149 cm³/mol. The molecule has 0 radical (unpaired) electrons. The van der Waals surface area contributed by atoms with Crippen molar-refractivity contribution in [3.8, 4) is 0 Å². The van der Waals surface area contributed by atoms with Crippen LogP contribution < -0.4 is 0 Å². The molecule has 0 unspecified atom stereocenters. The van der Waals surface area contributed by atoms with E-state index in [4.69, 9.17) is 9.47 Å². The van der Waals surface area contributed by atoms with Crippen molar-refractivity contribution in [2.24, 2.45) is 0 Å². The summed E-state index contributed by atoms with van der Waals surface area (Å²) >= 11 is 0. The molecule has 0 N–H and O–H groups in total. The average molecular weight is 511 g/mol. The van der Waals surface area contributed by atoms with E-state index in [0.29, 0.717) is 18.8 Å². The van der Waals surface area contributed by atoms with Crippen molar-refractivity contribution in [3.63, 3.8) is 0 Å². The number of hydrogen-bond acceptors (Lipinski definition) is 4. The van der Waals surface area contributed by atoms with Crippen molar-refractivity contribution in [3.05, 3.63) is 23.6 Å². The fourth-order valence-corrected chi connectivity index (χ4v) is 4.07. The molecule has 0 bridgehead atoms. The summed E-state index contributed by atoms with van der Waals surface area (Å²) in [5.41, 5.74) is 0.535. The van der Waals surface area contributed by atoms with Gasteiger partial charge in [0.1, 0.15) is 5.83 Å². The maximum Gasteiger partial charge on any atom is 0.336 e. The van der Waals surface area contributed by atoms with Gasteiger partial charge in [0.05, 0.1) is 18.8 Å². The first-order valence-electron chi connectivity index (χ1n) is 14.7. The summed E-state index contributed by atoms with van der Waals surface area (Å²) in [6, 6.07) is 0. The minimum atomic E-state index is -0.518. The van der Waals surface area contributed by atoms with Gasteiger partial charge >= 0.3 is 11.9 Å². The Morgan fingerprint density at radius 1 is 0.583 bits per heavy atom. The Hall–Kier alpha value is -1.65. The zero-order valence-corrected chi connectivity index (χ0v) is 23.8. The smallest absolute Gasteiger partial charge is 0.336 e. The van der Waals surface area contributed by atoms with Crippen LogP contribution in [0.1, 0.15) is 149 Å². The second-order valence-corrected chi connectivity index (χ2v) is 10.2. The molecule has 0 aliphatic carbocycles. The highest BCUT2D eigenvalue weighted by atomic mass is 19.1. The van der Waals surface area contributed by atoms with Crippen LogP contribution in [0.15, 0.2) is 23.6 Å². The third kappa shape index (κ3) is 21.6. The molecule has 5 heteroatoms. The molecule has 0 aromatic rings. The lowest BCUT2D eigenvalue weighted by Crippen LogP contribution is -2.08. The zero-order chi connectivity index (χ0) is 26.9. The fraction of sp³-hybridized carbons (Fsp3) is 0.806. The highest BCUT2D eigenvalue weighted by Gasteiger charge is 2.12. The number of halogens is 1. The molecule has 210 valence electrons. The molecule has 0 saturated heterocycles. The maximum atomic E-state index is 14.3. The van der Waals surface area contributed by atoms with Crippen molar-refractivity contribution in [1.29, 1.82) is 0 Å². The van der Waals surface area contributed by atoms with Crippen LogP contribution in [-0.2, 0) is 19.1 Å². The number of hydrogen-bond donors (Lipinski definition) is 0. The van der Waals surface area contributed by atoms with Crippen LogP contribution in [0.3, 0.4) is 0 Å². The van der Waals surface area contributed by atoms with Gasteiger partial charge < -0.3 is 9.47 Å². The first kappa shape index (κ1) is 34.4. The van der Waals surface area contributed by atoms with Crippen LogP contribution in [0.5, 0.6) is 0 Å². The largest absolute Gasteiger partial charge is 0.462 e. The molecule has 0 aliphatic heterocycles. The van der Waals surface area contributed by atoms with Crippen molar-refractivity contribution in [1.82, 2.24) is 0 Å². The molecule has 0 amide bonds. The fourth-order valence-electron chi connectivity index (χ4n) is 4.07. The number of carbonyl (C=O) groups excluding carboxylic acids is 2. The molecule has 0 aromatic carbocycles. The lowest BCUT2D eigenvalue weighted by molar-refractivity contribution is -0.140. The molecule has 0 aromatic heterocycles. The third-order valence-electron chi connectivity index (χ3n) is 6.57. The summed E-state index contributed by atoms with van der Waals surface area (Å²) in [5, 5.41) is 0. The molecule has 0 spiro atoms. The zero-order valence-electron chi connectivity index (χ0n) is 23.8. The Balaban J connectivity index is 3.59. The van der Waals surface area contributed by atoms with Gasteiger partial charge in [-0.25, -0.2) is 14.0 Å². The number of unbranched alkanes of at least 4 members (excludes halogenated alkanes) is 17. The van der Waals surface area contributed by atoms with E-state index in [1.54, 1.807) is 6.92 Å². The number of rotatable bonds is 25. The molecule has 0 heterocycles. The number of allylic oxidation sites excluding steroid dienone is 1. The van der Waals surface area contributed by atoms with E-state index in [-0.39, 0.29) is 23.8 Å². The molecule has 0 aliphatic rings. The van der Waals surface area contributed by atoms with Crippen LogP contribution in [0.25, 0.3) is 0 Å². The van der Waals surface area contributed by atoms with Crippen LogP contribution in [-0.4, -0.2) is 25.2 Å². The van der Waals surface area contributed by atoms with E-state index in [0.717, 1.165) is 51.4 Å². The van der Waals surface area contributed by atoms with Gasteiger partial charge in [-0.05, 0) is 39.5 Å². The molecule has 0 saturated carbocycles. The van der Waals surface area contributed by atoms with Crippen LogP contribution in [0, 0.1) is 0 Å². The van der Waals surface area contributed by atoms with Crippen molar-refractivity contribution >= 4 is 11.9 Å². The molecule has 36 heavy (non-hydrogen) atoms. The summed E-state index contributed by atoms with van der Waals surface area (Å²) in [6.07, 6.45) is 22.3. The summed E-state index contributed by atoms with van der Waals surface area (Å²) in [6.45, 7) is 9.76. The van der Waals surface area contributed by atoms with Gasteiger partial charge in [-0.3, -0.25) is 0 Å². The lowest BCUT2D eigenvalue weighted by atomic mass is 10.0. The maximum absolute atomic E-state index is 14.3. The van der Waals surface area contributed by atoms with E-state index in [9.17, 15) is 14.0 Å². The van der Waals surface area contributed by atoms with Gasteiger partial charge in [0.25, 0.3) is 0 Å². The summed E-state index contributed by atoms with van der Waals surface area (Å²) < 4.78 is 24.6. The molecular weight excluding hydrogens is 455 g/mol. The van der Waals surface area contributed by atoms with Gasteiger partial charge in [0.15, 0.2) is 0 Å². The molecule has 0 rings (SSSR count). The Bertz CT molecular complexity index is 612. The van der Waals surface area contributed by atoms with Gasteiger partial charge in [-0.2, -0.15) is 0 Å².